The number of thiazole rings is 1. The zero-order valence-electron chi connectivity index (χ0n) is 15.3. The number of nitrogens with zero attached hydrogens (tertiary/aromatic N) is 4. The maximum atomic E-state index is 12.4. The Hall–Kier alpha value is -2.48. The zero-order chi connectivity index (χ0) is 18.7. The number of carbonyl (C=O) groups is 2. The van der Waals surface area contributed by atoms with Gasteiger partial charge >= 0.3 is 5.97 Å². The second-order valence-corrected chi connectivity index (χ2v) is 8.49. The summed E-state index contributed by atoms with van der Waals surface area (Å²) < 4.78 is 4.96. The molecule has 2 aliphatic heterocycles. The van der Waals surface area contributed by atoms with Crippen molar-refractivity contribution in [3.8, 4) is 0 Å². The summed E-state index contributed by atoms with van der Waals surface area (Å²) in [5, 5.41) is 1.25. The zero-order valence-corrected chi connectivity index (χ0v) is 16.1. The number of anilines is 1. The Morgan fingerprint density at radius 1 is 1.26 bits per heavy atom. The lowest BCUT2D eigenvalue weighted by molar-refractivity contribution is 0.0601. The topological polar surface area (TPSA) is 75.6 Å². The quantitative estimate of drug-likeness (QED) is 0.756. The molecule has 0 N–H and O–H groups in total. The predicted octanol–water partition coefficient (Wildman–Crippen LogP) is 2.35. The van der Waals surface area contributed by atoms with Gasteiger partial charge in [0.2, 0.25) is 0 Å². The van der Waals surface area contributed by atoms with Gasteiger partial charge in [-0.3, -0.25) is 4.79 Å². The fourth-order valence-electron chi connectivity index (χ4n) is 3.75. The smallest absolute Gasteiger partial charge is 0.341 e. The summed E-state index contributed by atoms with van der Waals surface area (Å²) in [6.45, 7) is 1.91. The molecule has 5 rings (SSSR count). The molecule has 8 heteroatoms. The first kappa shape index (κ1) is 16.7. The maximum absolute atomic E-state index is 12.4. The van der Waals surface area contributed by atoms with Gasteiger partial charge in [-0.2, -0.15) is 0 Å². The maximum Gasteiger partial charge on any atom is 0.341 e. The van der Waals surface area contributed by atoms with Crippen LogP contribution in [0.4, 0.5) is 5.82 Å². The molecule has 0 bridgehead atoms. The number of rotatable bonds is 3. The summed E-state index contributed by atoms with van der Waals surface area (Å²) in [6, 6.07) is 1.65. The number of fused-ring (bicyclic) bond motifs is 2. The fourth-order valence-corrected chi connectivity index (χ4v) is 5.05. The average Bonchev–Trinajstić information content (AvgIpc) is 3.38. The van der Waals surface area contributed by atoms with Gasteiger partial charge in [0.05, 0.1) is 42.2 Å². The minimum atomic E-state index is -0.462. The average molecular weight is 384 g/mol. The molecule has 1 aliphatic carbocycles. The van der Waals surface area contributed by atoms with Crippen LogP contribution >= 0.6 is 11.3 Å². The van der Waals surface area contributed by atoms with E-state index in [-0.39, 0.29) is 5.91 Å². The molecule has 0 spiro atoms. The number of methoxy groups -OCH3 is 1. The number of esters is 1. The number of aromatic nitrogens is 2. The molecule has 7 nitrogen and oxygen atoms in total. The van der Waals surface area contributed by atoms with Crippen molar-refractivity contribution in [2.24, 2.45) is 0 Å². The number of amides is 1. The van der Waals surface area contributed by atoms with Crippen molar-refractivity contribution in [3.63, 3.8) is 0 Å². The van der Waals surface area contributed by atoms with Gasteiger partial charge in [-0.15, -0.1) is 11.3 Å². The Morgan fingerprint density at radius 2 is 2.07 bits per heavy atom. The molecule has 2 aromatic heterocycles. The van der Waals surface area contributed by atoms with Gasteiger partial charge in [0, 0.05) is 30.8 Å². The molecular formula is C19H20N4O3S. The molecule has 1 amide bonds. The Morgan fingerprint density at radius 3 is 2.81 bits per heavy atom. The van der Waals surface area contributed by atoms with E-state index in [1.165, 1.54) is 35.5 Å². The van der Waals surface area contributed by atoms with E-state index in [2.05, 4.69) is 4.90 Å². The minimum Gasteiger partial charge on any atom is -0.465 e. The molecule has 0 unspecified atom stereocenters. The van der Waals surface area contributed by atoms with Crippen LogP contribution in [0.2, 0.25) is 0 Å². The lowest BCUT2D eigenvalue weighted by Gasteiger charge is -2.28. The Bertz CT molecular complexity index is 966. The predicted molar refractivity (Wildman–Crippen MR) is 100 cm³/mol. The third-order valence-corrected chi connectivity index (χ3v) is 6.67. The minimum absolute atomic E-state index is 0.105. The van der Waals surface area contributed by atoms with E-state index in [9.17, 15) is 9.59 Å². The standard InChI is InChI=1S/C19H20N4O3S/c1-22-8-14-11(18(22)24)7-12(19(25)26-2)16(20-14)23-6-5-13-15(9-23)27-17(21-13)10-3-4-10/h7,10H,3-6,8-9H2,1-2H3. The van der Waals surface area contributed by atoms with Gasteiger partial charge in [0.15, 0.2) is 0 Å². The lowest BCUT2D eigenvalue weighted by Crippen LogP contribution is -2.32. The highest BCUT2D eigenvalue weighted by Gasteiger charge is 2.34. The van der Waals surface area contributed by atoms with Crippen LogP contribution in [-0.4, -0.2) is 47.4 Å². The highest BCUT2D eigenvalue weighted by Crippen LogP contribution is 2.43. The molecule has 0 aromatic carbocycles. The number of ether oxygens (including phenoxy) is 1. The van der Waals surface area contributed by atoms with Crippen LogP contribution in [0.5, 0.6) is 0 Å². The molecule has 0 atom stereocenters. The van der Waals surface area contributed by atoms with Gasteiger partial charge in [0.25, 0.3) is 5.91 Å². The number of pyridine rings is 1. The Kier molecular flexibility index (Phi) is 3.72. The van der Waals surface area contributed by atoms with E-state index in [4.69, 9.17) is 14.7 Å². The van der Waals surface area contributed by atoms with E-state index in [0.29, 0.717) is 36.0 Å². The molecule has 2 aromatic rings. The first-order valence-electron chi connectivity index (χ1n) is 9.16. The molecule has 140 valence electrons. The Balaban J connectivity index is 1.53. The van der Waals surface area contributed by atoms with Gasteiger partial charge in [0.1, 0.15) is 11.4 Å². The molecule has 1 fully saturated rings. The van der Waals surface area contributed by atoms with Crippen LogP contribution in [0, 0.1) is 0 Å². The van der Waals surface area contributed by atoms with Crippen LogP contribution in [-0.2, 0) is 24.2 Å². The van der Waals surface area contributed by atoms with Crippen molar-refractivity contribution in [3.05, 3.63) is 38.5 Å². The fraction of sp³-hybridized carbons (Fsp3) is 0.474. The number of hydrogen-bond acceptors (Lipinski definition) is 7. The summed E-state index contributed by atoms with van der Waals surface area (Å²) in [6.07, 6.45) is 3.34. The summed E-state index contributed by atoms with van der Waals surface area (Å²) in [5.41, 5.74) is 2.76. The van der Waals surface area contributed by atoms with E-state index >= 15 is 0 Å². The van der Waals surface area contributed by atoms with Crippen LogP contribution < -0.4 is 4.90 Å². The third kappa shape index (κ3) is 2.70. The first-order chi connectivity index (χ1) is 13.0. The molecule has 0 radical (unpaired) electrons. The van der Waals surface area contributed by atoms with E-state index < -0.39 is 5.97 Å². The van der Waals surface area contributed by atoms with Gasteiger partial charge in [-0.1, -0.05) is 0 Å². The van der Waals surface area contributed by atoms with Gasteiger partial charge in [-0.25, -0.2) is 14.8 Å². The molecule has 4 heterocycles. The van der Waals surface area contributed by atoms with Crippen molar-refractivity contribution >= 4 is 29.0 Å². The molecule has 1 saturated carbocycles. The van der Waals surface area contributed by atoms with Gasteiger partial charge in [-0.05, 0) is 18.9 Å². The largest absolute Gasteiger partial charge is 0.465 e. The molecular weight excluding hydrogens is 364 g/mol. The third-order valence-electron chi connectivity index (χ3n) is 5.42. The molecule has 3 aliphatic rings. The summed E-state index contributed by atoms with van der Waals surface area (Å²) in [7, 11) is 3.10. The lowest BCUT2D eigenvalue weighted by atomic mass is 10.1. The summed E-state index contributed by atoms with van der Waals surface area (Å²) in [4.78, 5) is 39.2. The van der Waals surface area contributed by atoms with Crippen molar-refractivity contribution < 1.29 is 14.3 Å². The SMILES string of the molecule is COC(=O)c1cc2c(nc1N1CCc3nc(C4CC4)sc3C1)CN(C)C2=O. The van der Waals surface area contributed by atoms with Crippen molar-refractivity contribution in [1.29, 1.82) is 0 Å². The Labute approximate surface area is 161 Å². The van der Waals surface area contributed by atoms with Crippen molar-refractivity contribution in [1.82, 2.24) is 14.9 Å². The summed E-state index contributed by atoms with van der Waals surface area (Å²) in [5.74, 6) is 0.693. The van der Waals surface area contributed by atoms with Crippen molar-refractivity contribution in [2.75, 3.05) is 25.6 Å². The normalized spacial score (nSPS) is 18.5. The van der Waals surface area contributed by atoms with Crippen LogP contribution in [0.1, 0.15) is 60.7 Å². The van der Waals surface area contributed by atoms with Crippen molar-refractivity contribution in [2.45, 2.75) is 38.3 Å². The van der Waals surface area contributed by atoms with Crippen LogP contribution in [0.25, 0.3) is 0 Å². The first-order valence-corrected chi connectivity index (χ1v) is 9.98. The van der Waals surface area contributed by atoms with E-state index in [1.807, 2.05) is 0 Å². The van der Waals surface area contributed by atoms with Crippen LogP contribution in [0.3, 0.4) is 0 Å². The number of carbonyl (C=O) groups excluding carboxylic acids is 2. The second kappa shape index (κ2) is 6.02. The van der Waals surface area contributed by atoms with Gasteiger partial charge < -0.3 is 14.5 Å². The molecule has 27 heavy (non-hydrogen) atoms. The highest BCUT2D eigenvalue weighted by atomic mass is 32.1. The number of hydrogen-bond donors (Lipinski definition) is 0. The van der Waals surface area contributed by atoms with Crippen LogP contribution in [0.15, 0.2) is 6.07 Å². The summed E-state index contributed by atoms with van der Waals surface area (Å²) >= 11 is 1.79. The monoisotopic (exact) mass is 384 g/mol. The van der Waals surface area contributed by atoms with E-state index in [0.717, 1.165) is 18.7 Å². The second-order valence-electron chi connectivity index (χ2n) is 7.37. The van der Waals surface area contributed by atoms with E-state index in [1.54, 1.807) is 29.4 Å². The molecule has 0 saturated heterocycles. The highest BCUT2D eigenvalue weighted by molar-refractivity contribution is 7.11.